The van der Waals surface area contributed by atoms with E-state index in [1.54, 1.807) is 30.4 Å². The maximum atomic E-state index is 11.6. The summed E-state index contributed by atoms with van der Waals surface area (Å²) in [7, 11) is 1.30. The summed E-state index contributed by atoms with van der Waals surface area (Å²) in [6.45, 7) is 0. The number of aromatic nitrogens is 2. The van der Waals surface area contributed by atoms with E-state index >= 15 is 0 Å². The van der Waals surface area contributed by atoms with E-state index in [-0.39, 0.29) is 11.3 Å². The Kier molecular flexibility index (Phi) is 4.47. The number of halogens is 1. The largest absolute Gasteiger partial charge is 0.508 e. The van der Waals surface area contributed by atoms with Gasteiger partial charge in [0.25, 0.3) is 0 Å². The van der Waals surface area contributed by atoms with Crippen molar-refractivity contribution in [2.45, 2.75) is 0 Å². The average Bonchev–Trinajstić information content (AvgIpc) is 2.47. The van der Waals surface area contributed by atoms with E-state index in [1.165, 1.54) is 19.6 Å². The molecule has 1 aromatic heterocycles. The van der Waals surface area contributed by atoms with Gasteiger partial charge in [0.1, 0.15) is 17.6 Å². The van der Waals surface area contributed by atoms with E-state index in [4.69, 9.17) is 0 Å². The van der Waals surface area contributed by atoms with E-state index in [0.29, 0.717) is 5.69 Å². The predicted octanol–water partition coefficient (Wildman–Crippen LogP) is 2.90. The van der Waals surface area contributed by atoms with Crippen LogP contribution in [-0.2, 0) is 4.74 Å². The van der Waals surface area contributed by atoms with Gasteiger partial charge in [0, 0.05) is 10.7 Å². The molecular formula is C14H11BrN2O3. The van der Waals surface area contributed by atoms with E-state index in [9.17, 15) is 9.90 Å². The van der Waals surface area contributed by atoms with Crippen molar-refractivity contribution in [2.75, 3.05) is 7.11 Å². The average molecular weight is 335 g/mol. The first-order chi connectivity index (χ1) is 9.61. The van der Waals surface area contributed by atoms with Gasteiger partial charge < -0.3 is 9.84 Å². The Morgan fingerprint density at radius 3 is 2.95 bits per heavy atom. The van der Waals surface area contributed by atoms with Gasteiger partial charge in [-0.2, -0.15) is 0 Å². The number of ether oxygens (including phenoxy) is 1. The molecule has 0 aliphatic carbocycles. The lowest BCUT2D eigenvalue weighted by molar-refractivity contribution is 0.0599. The Hall–Kier alpha value is -2.21. The molecule has 1 aromatic carbocycles. The van der Waals surface area contributed by atoms with Gasteiger partial charge in [-0.1, -0.05) is 22.0 Å². The van der Waals surface area contributed by atoms with Crippen LogP contribution < -0.4 is 0 Å². The highest BCUT2D eigenvalue weighted by molar-refractivity contribution is 9.10. The SMILES string of the molecule is COC(=O)c1cncnc1/C=C/c1cc(O)ccc1Br. The van der Waals surface area contributed by atoms with E-state index < -0.39 is 5.97 Å². The van der Waals surface area contributed by atoms with Crippen LogP contribution in [0.3, 0.4) is 0 Å². The molecule has 0 aliphatic heterocycles. The molecule has 0 radical (unpaired) electrons. The van der Waals surface area contributed by atoms with Crippen LogP contribution in [0.15, 0.2) is 35.2 Å². The van der Waals surface area contributed by atoms with Crippen molar-refractivity contribution in [1.29, 1.82) is 0 Å². The third-order valence-corrected chi connectivity index (χ3v) is 3.27. The molecule has 5 nitrogen and oxygen atoms in total. The molecule has 102 valence electrons. The fraction of sp³-hybridized carbons (Fsp3) is 0.0714. The third-order valence-electron chi connectivity index (χ3n) is 2.55. The normalized spacial score (nSPS) is 10.7. The molecule has 6 heteroatoms. The highest BCUT2D eigenvalue weighted by Crippen LogP contribution is 2.23. The zero-order valence-corrected chi connectivity index (χ0v) is 12.2. The molecule has 0 unspecified atom stereocenters. The van der Waals surface area contributed by atoms with Crippen molar-refractivity contribution in [3.63, 3.8) is 0 Å². The van der Waals surface area contributed by atoms with Crippen LogP contribution in [0.2, 0.25) is 0 Å². The smallest absolute Gasteiger partial charge is 0.341 e. The lowest BCUT2D eigenvalue weighted by Crippen LogP contribution is -2.05. The minimum Gasteiger partial charge on any atom is -0.508 e. The molecule has 0 amide bonds. The van der Waals surface area contributed by atoms with Crippen LogP contribution in [0.5, 0.6) is 5.75 Å². The molecule has 20 heavy (non-hydrogen) atoms. The zero-order valence-electron chi connectivity index (χ0n) is 10.6. The van der Waals surface area contributed by atoms with Gasteiger partial charge in [-0.25, -0.2) is 14.8 Å². The van der Waals surface area contributed by atoms with Gasteiger partial charge in [-0.15, -0.1) is 0 Å². The molecule has 0 aliphatic rings. The van der Waals surface area contributed by atoms with Crippen molar-refractivity contribution in [1.82, 2.24) is 9.97 Å². The fourth-order valence-electron chi connectivity index (χ4n) is 1.57. The number of esters is 1. The van der Waals surface area contributed by atoms with Crippen molar-refractivity contribution in [2.24, 2.45) is 0 Å². The molecule has 0 saturated heterocycles. The highest BCUT2D eigenvalue weighted by Gasteiger charge is 2.11. The number of phenols is 1. The maximum Gasteiger partial charge on any atom is 0.341 e. The van der Waals surface area contributed by atoms with Crippen molar-refractivity contribution >= 4 is 34.1 Å². The van der Waals surface area contributed by atoms with Crippen molar-refractivity contribution in [3.05, 3.63) is 52.0 Å². The molecular weight excluding hydrogens is 324 g/mol. The molecule has 1 N–H and O–H groups in total. The van der Waals surface area contributed by atoms with E-state index in [1.807, 2.05) is 0 Å². The second-order valence-corrected chi connectivity index (χ2v) is 4.71. The Morgan fingerprint density at radius 2 is 2.20 bits per heavy atom. The number of rotatable bonds is 3. The van der Waals surface area contributed by atoms with Crippen LogP contribution in [-0.4, -0.2) is 28.2 Å². The van der Waals surface area contributed by atoms with Crippen molar-refractivity contribution in [3.8, 4) is 5.75 Å². The van der Waals surface area contributed by atoms with Gasteiger partial charge in [-0.05, 0) is 29.8 Å². The summed E-state index contributed by atoms with van der Waals surface area (Å²) in [6.07, 6.45) is 6.14. The number of aromatic hydroxyl groups is 1. The van der Waals surface area contributed by atoms with E-state index in [2.05, 4.69) is 30.6 Å². The molecule has 2 rings (SSSR count). The molecule has 0 saturated carbocycles. The molecule has 0 fully saturated rings. The monoisotopic (exact) mass is 334 g/mol. The quantitative estimate of drug-likeness (QED) is 0.873. The molecule has 2 aromatic rings. The van der Waals surface area contributed by atoms with Crippen LogP contribution in [0.25, 0.3) is 12.2 Å². The number of phenolic OH excluding ortho intramolecular Hbond substituents is 1. The van der Waals surface area contributed by atoms with Gasteiger partial charge in [0.15, 0.2) is 0 Å². The van der Waals surface area contributed by atoms with Crippen molar-refractivity contribution < 1.29 is 14.6 Å². The fourth-order valence-corrected chi connectivity index (χ4v) is 1.95. The Bertz CT molecular complexity index is 671. The first-order valence-corrected chi connectivity index (χ1v) is 6.46. The topological polar surface area (TPSA) is 72.3 Å². The number of methoxy groups -OCH3 is 1. The molecule has 0 spiro atoms. The number of nitrogens with zero attached hydrogens (tertiary/aromatic N) is 2. The predicted molar refractivity (Wildman–Crippen MR) is 78.1 cm³/mol. The van der Waals surface area contributed by atoms with Gasteiger partial charge in [0.2, 0.25) is 0 Å². The molecule has 1 heterocycles. The Balaban J connectivity index is 2.37. The maximum absolute atomic E-state index is 11.6. The lowest BCUT2D eigenvalue weighted by atomic mass is 10.1. The summed E-state index contributed by atoms with van der Waals surface area (Å²) in [6, 6.07) is 4.90. The molecule has 0 atom stereocenters. The lowest BCUT2D eigenvalue weighted by Gasteiger charge is -2.02. The van der Waals surface area contributed by atoms with Gasteiger partial charge in [0.05, 0.1) is 12.8 Å². The van der Waals surface area contributed by atoms with E-state index in [0.717, 1.165) is 10.0 Å². The first kappa shape index (κ1) is 14.2. The Labute approximate surface area is 124 Å². The number of benzene rings is 1. The number of carbonyl (C=O) groups excluding carboxylic acids is 1. The Morgan fingerprint density at radius 1 is 1.40 bits per heavy atom. The zero-order chi connectivity index (χ0) is 14.5. The van der Waals surface area contributed by atoms with Crippen LogP contribution >= 0.6 is 15.9 Å². The summed E-state index contributed by atoms with van der Waals surface area (Å²) in [5, 5.41) is 9.46. The number of hydrogen-bond donors (Lipinski definition) is 1. The summed E-state index contributed by atoms with van der Waals surface area (Å²) in [5.74, 6) is -0.344. The van der Waals surface area contributed by atoms with Crippen LogP contribution in [0.4, 0.5) is 0 Å². The summed E-state index contributed by atoms with van der Waals surface area (Å²) >= 11 is 3.38. The van der Waals surface area contributed by atoms with Crippen LogP contribution in [0.1, 0.15) is 21.6 Å². The number of carbonyl (C=O) groups is 1. The highest BCUT2D eigenvalue weighted by atomic mass is 79.9. The minimum absolute atomic E-state index is 0.156. The standard InChI is InChI=1S/C14H11BrN2O3/c1-20-14(19)11-7-16-8-17-13(11)5-2-9-6-10(18)3-4-12(9)15/h2-8,18H,1H3/b5-2+. The third kappa shape index (κ3) is 3.21. The second-order valence-electron chi connectivity index (χ2n) is 3.85. The first-order valence-electron chi connectivity index (χ1n) is 5.66. The number of hydrogen-bond acceptors (Lipinski definition) is 5. The van der Waals surface area contributed by atoms with Crippen LogP contribution in [0, 0.1) is 0 Å². The summed E-state index contributed by atoms with van der Waals surface area (Å²) < 4.78 is 5.49. The second kappa shape index (κ2) is 6.29. The summed E-state index contributed by atoms with van der Waals surface area (Å²) in [5.41, 5.74) is 1.49. The van der Waals surface area contributed by atoms with Gasteiger partial charge in [-0.3, -0.25) is 0 Å². The minimum atomic E-state index is -0.500. The summed E-state index contributed by atoms with van der Waals surface area (Å²) in [4.78, 5) is 19.4. The molecule has 0 bridgehead atoms. The van der Waals surface area contributed by atoms with Gasteiger partial charge >= 0.3 is 5.97 Å².